The maximum atomic E-state index is 13.4. The number of aromatic nitrogens is 3. The summed E-state index contributed by atoms with van der Waals surface area (Å²) >= 11 is 0. The van der Waals surface area contributed by atoms with Crippen molar-refractivity contribution in [3.63, 3.8) is 0 Å². The summed E-state index contributed by atoms with van der Waals surface area (Å²) in [5, 5.41) is 0. The van der Waals surface area contributed by atoms with Crippen LogP contribution in [0.2, 0.25) is 0 Å². The molecule has 0 atom stereocenters. The van der Waals surface area contributed by atoms with Crippen LogP contribution >= 0.6 is 0 Å². The van der Waals surface area contributed by atoms with Gasteiger partial charge < -0.3 is 14.0 Å². The molecular weight excluding hydrogens is 490 g/mol. The fourth-order valence-electron chi connectivity index (χ4n) is 4.78. The van der Waals surface area contributed by atoms with E-state index in [1.807, 2.05) is 49.4 Å². The molecule has 8 nitrogen and oxygen atoms in total. The van der Waals surface area contributed by atoms with Crippen molar-refractivity contribution in [2.75, 3.05) is 13.1 Å². The van der Waals surface area contributed by atoms with Gasteiger partial charge >= 0.3 is 6.29 Å². The Morgan fingerprint density at radius 3 is 2.42 bits per heavy atom. The SMILES string of the molecule is Cc1ccc2nc(-c3ccccc3)n(C3CCN(S(=O)(=O)c4ccc5c(c4)OC(F)(F)O5)CC3)c2n1. The second-order valence-corrected chi connectivity index (χ2v) is 10.8. The topological polar surface area (TPSA) is 86.6 Å². The molecule has 4 heterocycles. The molecule has 0 aliphatic carbocycles. The molecule has 4 aromatic rings. The molecule has 2 aromatic heterocycles. The zero-order valence-corrected chi connectivity index (χ0v) is 20.1. The Kier molecular flexibility index (Phi) is 5.23. The fraction of sp³-hybridized carbons (Fsp3) is 0.280. The molecule has 1 saturated heterocycles. The standard InChI is InChI=1S/C25H22F2N4O4S/c1-16-7-9-20-24(28-16)31(23(29-20)17-5-3-2-4-6-17)18-11-13-30(14-12-18)36(32,33)19-8-10-21-22(15-19)35-25(26,27)34-21/h2-10,15,18H,11-14H2,1H3. The molecule has 0 N–H and O–H groups in total. The molecule has 6 rings (SSSR count). The summed E-state index contributed by atoms with van der Waals surface area (Å²) in [4.78, 5) is 9.47. The van der Waals surface area contributed by atoms with Crippen LogP contribution in [0.5, 0.6) is 11.5 Å². The van der Waals surface area contributed by atoms with Gasteiger partial charge in [-0.3, -0.25) is 0 Å². The van der Waals surface area contributed by atoms with Gasteiger partial charge in [-0.05, 0) is 44.0 Å². The third-order valence-corrected chi connectivity index (χ3v) is 8.40. The number of halogens is 2. The van der Waals surface area contributed by atoms with E-state index in [1.54, 1.807) is 0 Å². The highest BCUT2D eigenvalue weighted by molar-refractivity contribution is 7.89. The van der Waals surface area contributed by atoms with Gasteiger partial charge in [0.15, 0.2) is 17.1 Å². The quantitative estimate of drug-likeness (QED) is 0.392. The van der Waals surface area contributed by atoms with Gasteiger partial charge in [-0.2, -0.15) is 4.31 Å². The number of fused-ring (bicyclic) bond motifs is 2. The summed E-state index contributed by atoms with van der Waals surface area (Å²) in [5.74, 6) is 0.303. The number of imidazole rings is 1. The minimum atomic E-state index is -3.91. The lowest BCUT2D eigenvalue weighted by molar-refractivity contribution is -0.286. The van der Waals surface area contributed by atoms with Crippen molar-refractivity contribution in [2.45, 2.75) is 37.0 Å². The van der Waals surface area contributed by atoms with Crippen molar-refractivity contribution in [3.8, 4) is 22.9 Å². The van der Waals surface area contributed by atoms with Crippen LogP contribution in [0.3, 0.4) is 0 Å². The Morgan fingerprint density at radius 1 is 0.944 bits per heavy atom. The zero-order chi connectivity index (χ0) is 25.1. The summed E-state index contributed by atoms with van der Waals surface area (Å²) in [5.41, 5.74) is 3.38. The summed E-state index contributed by atoms with van der Waals surface area (Å²) in [6.07, 6.45) is -2.72. The number of pyridine rings is 1. The van der Waals surface area contributed by atoms with E-state index in [0.717, 1.165) is 34.3 Å². The number of aryl methyl sites for hydroxylation is 1. The highest BCUT2D eigenvalue weighted by atomic mass is 32.2. The maximum Gasteiger partial charge on any atom is 0.586 e. The monoisotopic (exact) mass is 512 g/mol. The zero-order valence-electron chi connectivity index (χ0n) is 19.3. The van der Waals surface area contributed by atoms with E-state index in [4.69, 9.17) is 9.97 Å². The average Bonchev–Trinajstić information content (AvgIpc) is 3.39. The summed E-state index contributed by atoms with van der Waals surface area (Å²) < 4.78 is 65.6. The van der Waals surface area contributed by atoms with E-state index in [-0.39, 0.29) is 35.5 Å². The number of benzene rings is 2. The van der Waals surface area contributed by atoms with E-state index in [2.05, 4.69) is 14.0 Å². The van der Waals surface area contributed by atoms with Gasteiger partial charge in [0.25, 0.3) is 0 Å². The lowest BCUT2D eigenvalue weighted by Gasteiger charge is -2.32. The molecule has 36 heavy (non-hydrogen) atoms. The van der Waals surface area contributed by atoms with Gasteiger partial charge in [0.05, 0.1) is 4.90 Å². The third-order valence-electron chi connectivity index (χ3n) is 6.51. The van der Waals surface area contributed by atoms with E-state index >= 15 is 0 Å². The Balaban J connectivity index is 1.29. The number of piperidine rings is 1. The Hall–Kier alpha value is -3.57. The molecule has 0 bridgehead atoms. The molecule has 0 spiro atoms. The van der Waals surface area contributed by atoms with Crippen LogP contribution in [0, 0.1) is 6.92 Å². The largest absolute Gasteiger partial charge is 0.586 e. The number of sulfonamides is 1. The van der Waals surface area contributed by atoms with Gasteiger partial charge in [-0.15, -0.1) is 8.78 Å². The highest BCUT2D eigenvalue weighted by Gasteiger charge is 2.44. The minimum Gasteiger partial charge on any atom is -0.395 e. The Bertz CT molecular complexity index is 1570. The van der Waals surface area contributed by atoms with E-state index in [9.17, 15) is 17.2 Å². The molecule has 186 valence electrons. The summed E-state index contributed by atoms with van der Waals surface area (Å²) in [6.45, 7) is 2.45. The number of nitrogens with zero attached hydrogens (tertiary/aromatic N) is 4. The van der Waals surface area contributed by atoms with Crippen LogP contribution in [0.15, 0.2) is 65.6 Å². The predicted molar refractivity (Wildman–Crippen MR) is 127 cm³/mol. The smallest absolute Gasteiger partial charge is 0.395 e. The van der Waals surface area contributed by atoms with E-state index < -0.39 is 16.3 Å². The van der Waals surface area contributed by atoms with Crippen LogP contribution < -0.4 is 9.47 Å². The van der Waals surface area contributed by atoms with Gasteiger partial charge in [0.1, 0.15) is 11.3 Å². The van der Waals surface area contributed by atoms with Crippen molar-refractivity contribution < 1.29 is 26.7 Å². The van der Waals surface area contributed by atoms with E-state index in [1.165, 1.54) is 16.4 Å². The van der Waals surface area contributed by atoms with E-state index in [0.29, 0.717) is 12.8 Å². The molecule has 2 aliphatic rings. The van der Waals surface area contributed by atoms with Crippen LogP contribution in [0.25, 0.3) is 22.6 Å². The lowest BCUT2D eigenvalue weighted by Crippen LogP contribution is -2.39. The van der Waals surface area contributed by atoms with Crippen LogP contribution in [-0.4, -0.2) is 46.6 Å². The second-order valence-electron chi connectivity index (χ2n) is 8.88. The van der Waals surface area contributed by atoms with Gasteiger partial charge in [-0.1, -0.05) is 30.3 Å². The Morgan fingerprint density at radius 2 is 1.67 bits per heavy atom. The fourth-order valence-corrected chi connectivity index (χ4v) is 6.27. The first-order valence-corrected chi connectivity index (χ1v) is 13.0. The van der Waals surface area contributed by atoms with Crippen molar-refractivity contribution >= 4 is 21.2 Å². The van der Waals surface area contributed by atoms with Gasteiger partial charge in [0, 0.05) is 36.5 Å². The maximum absolute atomic E-state index is 13.4. The summed E-state index contributed by atoms with van der Waals surface area (Å²) in [6, 6.07) is 17.2. The van der Waals surface area contributed by atoms with Gasteiger partial charge in [-0.25, -0.2) is 18.4 Å². The number of hydrogen-bond acceptors (Lipinski definition) is 6. The average molecular weight is 513 g/mol. The van der Waals surface area contributed by atoms with Crippen LogP contribution in [-0.2, 0) is 10.0 Å². The van der Waals surface area contributed by atoms with Crippen molar-refractivity contribution in [2.24, 2.45) is 0 Å². The highest BCUT2D eigenvalue weighted by Crippen LogP contribution is 2.42. The minimum absolute atomic E-state index is 0.0126. The van der Waals surface area contributed by atoms with Crippen LogP contribution in [0.4, 0.5) is 8.78 Å². The number of rotatable bonds is 4. The van der Waals surface area contributed by atoms with Crippen molar-refractivity contribution in [3.05, 3.63) is 66.4 Å². The molecule has 0 saturated carbocycles. The van der Waals surface area contributed by atoms with Crippen molar-refractivity contribution in [1.82, 2.24) is 18.8 Å². The molecule has 0 radical (unpaired) electrons. The number of ether oxygens (including phenoxy) is 2. The summed E-state index contributed by atoms with van der Waals surface area (Å²) in [7, 11) is -3.91. The first-order chi connectivity index (χ1) is 17.2. The number of hydrogen-bond donors (Lipinski definition) is 0. The predicted octanol–water partition coefficient (Wildman–Crippen LogP) is 4.75. The van der Waals surface area contributed by atoms with Crippen LogP contribution in [0.1, 0.15) is 24.6 Å². The molecule has 2 aromatic carbocycles. The molecule has 0 unspecified atom stereocenters. The lowest BCUT2D eigenvalue weighted by atomic mass is 10.1. The molecule has 0 amide bonds. The molecule has 11 heteroatoms. The van der Waals surface area contributed by atoms with Gasteiger partial charge in [0.2, 0.25) is 10.0 Å². The van der Waals surface area contributed by atoms with Crippen molar-refractivity contribution in [1.29, 1.82) is 0 Å². The Labute approximate surface area is 206 Å². The third kappa shape index (κ3) is 3.88. The molecular formula is C25H22F2N4O4S. The first-order valence-electron chi connectivity index (χ1n) is 11.5. The normalized spacial score (nSPS) is 18.1. The first kappa shape index (κ1) is 22.9. The number of alkyl halides is 2. The molecule has 1 fully saturated rings. The second kappa shape index (κ2) is 8.24. The molecule has 2 aliphatic heterocycles.